The zero-order valence-electron chi connectivity index (χ0n) is 10.8. The minimum atomic E-state index is -0.977. The third kappa shape index (κ3) is 4.06. The number of halogens is 2. The molecule has 0 radical (unpaired) electrons. The lowest BCUT2D eigenvalue weighted by molar-refractivity contribution is 0.0696. The number of hydrogen-bond donors (Lipinski definition) is 2. The number of hydrogen-bond acceptors (Lipinski definition) is 2. The first-order valence-electron chi connectivity index (χ1n) is 6.03. The first-order valence-corrected chi connectivity index (χ1v) is 7.20. The topological polar surface area (TPSA) is 66.4 Å². The van der Waals surface area contributed by atoms with Crippen LogP contribution in [0.2, 0.25) is 5.02 Å². The minimum absolute atomic E-state index is 0.213. The molecule has 0 spiro atoms. The van der Waals surface area contributed by atoms with E-state index in [4.69, 9.17) is 16.7 Å². The summed E-state index contributed by atoms with van der Waals surface area (Å²) in [7, 11) is 0. The zero-order valence-corrected chi connectivity index (χ0v) is 13.1. The average molecular weight is 369 g/mol. The fourth-order valence-electron chi connectivity index (χ4n) is 1.69. The van der Waals surface area contributed by atoms with Crippen molar-refractivity contribution >= 4 is 39.4 Å². The molecule has 0 atom stereocenters. The number of rotatable bonds is 4. The van der Waals surface area contributed by atoms with Gasteiger partial charge in [0.05, 0.1) is 10.6 Å². The van der Waals surface area contributed by atoms with Crippen molar-refractivity contribution in [3.63, 3.8) is 0 Å². The molecule has 2 rings (SSSR count). The van der Waals surface area contributed by atoms with Gasteiger partial charge in [0.1, 0.15) is 0 Å². The van der Waals surface area contributed by atoms with E-state index in [1.165, 1.54) is 12.1 Å². The second-order valence-corrected chi connectivity index (χ2v) is 5.58. The van der Waals surface area contributed by atoms with Crippen molar-refractivity contribution in [1.29, 1.82) is 0 Å². The predicted molar refractivity (Wildman–Crippen MR) is 83.7 cm³/mol. The first-order chi connectivity index (χ1) is 9.97. The Morgan fingerprint density at radius 3 is 2.29 bits per heavy atom. The van der Waals surface area contributed by atoms with Crippen LogP contribution in [0.4, 0.5) is 0 Å². The van der Waals surface area contributed by atoms with Gasteiger partial charge in [0.25, 0.3) is 5.91 Å². The first kappa shape index (κ1) is 15.5. The highest BCUT2D eigenvalue weighted by atomic mass is 79.9. The molecule has 0 fully saturated rings. The molecule has 0 aliphatic heterocycles. The van der Waals surface area contributed by atoms with Crippen LogP contribution in [0, 0.1) is 0 Å². The lowest BCUT2D eigenvalue weighted by atomic mass is 10.1. The molecular weight excluding hydrogens is 358 g/mol. The molecule has 1 amide bonds. The van der Waals surface area contributed by atoms with Crippen molar-refractivity contribution in [3.05, 3.63) is 68.7 Å². The average Bonchev–Trinajstić information content (AvgIpc) is 2.48. The van der Waals surface area contributed by atoms with Crippen molar-refractivity contribution in [2.24, 2.45) is 0 Å². The van der Waals surface area contributed by atoms with Crippen LogP contribution in [0.5, 0.6) is 0 Å². The summed E-state index contributed by atoms with van der Waals surface area (Å²) in [4.78, 5) is 22.7. The fourth-order valence-corrected chi connectivity index (χ4v) is 2.11. The molecule has 2 N–H and O–H groups in total. The number of carboxylic acid groups (broad SMARTS) is 1. The molecule has 2 aromatic rings. The minimum Gasteiger partial charge on any atom is -0.478 e. The number of aromatic carboxylic acids is 1. The van der Waals surface area contributed by atoms with Crippen LogP contribution in [0.1, 0.15) is 26.3 Å². The quantitative estimate of drug-likeness (QED) is 0.864. The molecule has 0 saturated heterocycles. The van der Waals surface area contributed by atoms with Gasteiger partial charge in [-0.3, -0.25) is 4.79 Å². The van der Waals surface area contributed by atoms with Crippen molar-refractivity contribution in [2.45, 2.75) is 6.54 Å². The van der Waals surface area contributed by atoms with Gasteiger partial charge in [-0.2, -0.15) is 0 Å². The molecule has 0 aliphatic carbocycles. The second kappa shape index (κ2) is 6.74. The van der Waals surface area contributed by atoms with Gasteiger partial charge in [0.2, 0.25) is 0 Å². The summed E-state index contributed by atoms with van der Waals surface area (Å²) in [5.74, 6) is -1.22. The number of nitrogens with one attached hydrogen (secondary N) is 1. The number of carbonyl (C=O) groups is 2. The van der Waals surface area contributed by atoms with E-state index in [9.17, 15) is 9.59 Å². The molecule has 4 nitrogen and oxygen atoms in total. The molecule has 21 heavy (non-hydrogen) atoms. The summed E-state index contributed by atoms with van der Waals surface area (Å²) in [6.07, 6.45) is 0. The van der Waals surface area contributed by atoms with Crippen LogP contribution < -0.4 is 5.32 Å². The van der Waals surface area contributed by atoms with Crippen LogP contribution in [-0.2, 0) is 6.54 Å². The maximum atomic E-state index is 12.0. The largest absolute Gasteiger partial charge is 0.478 e. The normalized spacial score (nSPS) is 10.2. The summed E-state index contributed by atoms with van der Waals surface area (Å²) in [6, 6.07) is 11.3. The van der Waals surface area contributed by atoms with Crippen molar-refractivity contribution in [2.75, 3.05) is 0 Å². The van der Waals surface area contributed by atoms with Gasteiger partial charge < -0.3 is 10.4 Å². The van der Waals surface area contributed by atoms with E-state index < -0.39 is 5.97 Å². The lowest BCUT2D eigenvalue weighted by Gasteiger charge is -2.07. The lowest BCUT2D eigenvalue weighted by Crippen LogP contribution is -2.22. The molecule has 108 valence electrons. The smallest absolute Gasteiger partial charge is 0.335 e. The molecular formula is C15H11BrClNO3. The van der Waals surface area contributed by atoms with Gasteiger partial charge in [0, 0.05) is 16.6 Å². The highest BCUT2D eigenvalue weighted by Crippen LogP contribution is 2.23. The van der Waals surface area contributed by atoms with Crippen LogP contribution in [-0.4, -0.2) is 17.0 Å². The van der Waals surface area contributed by atoms with Crippen molar-refractivity contribution in [1.82, 2.24) is 5.32 Å². The number of benzene rings is 2. The molecule has 0 unspecified atom stereocenters. The van der Waals surface area contributed by atoms with Gasteiger partial charge in [-0.05, 0) is 51.8 Å². The number of amides is 1. The zero-order chi connectivity index (χ0) is 15.4. The van der Waals surface area contributed by atoms with Gasteiger partial charge in [-0.25, -0.2) is 4.79 Å². The third-order valence-corrected chi connectivity index (χ3v) is 4.07. The van der Waals surface area contributed by atoms with E-state index in [0.29, 0.717) is 17.1 Å². The van der Waals surface area contributed by atoms with E-state index in [0.717, 1.165) is 10.0 Å². The predicted octanol–water partition coefficient (Wildman–Crippen LogP) is 3.73. The van der Waals surface area contributed by atoms with Crippen LogP contribution >= 0.6 is 27.5 Å². The molecule has 0 saturated carbocycles. The molecule has 0 heterocycles. The maximum Gasteiger partial charge on any atom is 0.335 e. The highest BCUT2D eigenvalue weighted by Gasteiger charge is 2.08. The monoisotopic (exact) mass is 367 g/mol. The van der Waals surface area contributed by atoms with E-state index in [1.54, 1.807) is 30.3 Å². The van der Waals surface area contributed by atoms with E-state index in [2.05, 4.69) is 21.2 Å². The van der Waals surface area contributed by atoms with Gasteiger partial charge in [-0.15, -0.1) is 0 Å². The third-order valence-electron chi connectivity index (χ3n) is 2.84. The summed E-state index contributed by atoms with van der Waals surface area (Å²) < 4.78 is 0.727. The van der Waals surface area contributed by atoms with Crippen molar-refractivity contribution in [3.8, 4) is 0 Å². The number of carbonyl (C=O) groups excluding carboxylic acids is 1. The molecule has 6 heteroatoms. The molecule has 0 bridgehead atoms. The van der Waals surface area contributed by atoms with Crippen molar-refractivity contribution < 1.29 is 14.7 Å². The summed E-state index contributed by atoms with van der Waals surface area (Å²) in [5.41, 5.74) is 1.49. The van der Waals surface area contributed by atoms with Crippen LogP contribution in [0.15, 0.2) is 46.9 Å². The summed E-state index contributed by atoms with van der Waals surface area (Å²) >= 11 is 9.20. The fraction of sp³-hybridized carbons (Fsp3) is 0.0667. The highest BCUT2D eigenvalue weighted by molar-refractivity contribution is 9.10. The van der Waals surface area contributed by atoms with E-state index in [-0.39, 0.29) is 11.5 Å². The van der Waals surface area contributed by atoms with Gasteiger partial charge >= 0.3 is 5.97 Å². The molecule has 2 aromatic carbocycles. The Hall–Kier alpha value is -1.85. The van der Waals surface area contributed by atoms with Gasteiger partial charge in [-0.1, -0.05) is 23.7 Å². The van der Waals surface area contributed by atoms with E-state index >= 15 is 0 Å². The Bertz CT molecular complexity index is 686. The molecule has 0 aromatic heterocycles. The Balaban J connectivity index is 2.00. The Kier molecular flexibility index (Phi) is 4.98. The van der Waals surface area contributed by atoms with E-state index in [1.807, 2.05) is 0 Å². The Labute approximate surface area is 134 Å². The van der Waals surface area contributed by atoms with Crippen LogP contribution in [0.25, 0.3) is 0 Å². The summed E-state index contributed by atoms with van der Waals surface area (Å²) in [6.45, 7) is 0.312. The van der Waals surface area contributed by atoms with Gasteiger partial charge in [0.15, 0.2) is 0 Å². The summed E-state index contributed by atoms with van der Waals surface area (Å²) in [5, 5.41) is 12.0. The SMILES string of the molecule is O=C(O)c1ccc(CNC(=O)c2ccc(Br)c(Cl)c2)cc1. The Morgan fingerprint density at radius 1 is 1.10 bits per heavy atom. The number of carboxylic acids is 1. The Morgan fingerprint density at radius 2 is 1.71 bits per heavy atom. The maximum absolute atomic E-state index is 12.0. The van der Waals surface area contributed by atoms with Crippen LogP contribution in [0.3, 0.4) is 0 Å². The molecule has 0 aliphatic rings. The standard InChI is InChI=1S/C15H11BrClNO3/c16-12-6-5-11(7-13(12)17)14(19)18-8-9-1-3-10(4-2-9)15(20)21/h1-7H,8H2,(H,18,19)(H,20,21). The second-order valence-electron chi connectivity index (χ2n) is 4.31.